The van der Waals surface area contributed by atoms with E-state index in [0.29, 0.717) is 5.56 Å². The molecule has 2 aromatic rings. The maximum absolute atomic E-state index is 11.5. The lowest BCUT2D eigenvalue weighted by atomic mass is 10.1. The van der Waals surface area contributed by atoms with Gasteiger partial charge in [-0.05, 0) is 43.6 Å². The van der Waals surface area contributed by atoms with E-state index in [1.807, 2.05) is 23.7 Å². The first kappa shape index (κ1) is 14.1. The van der Waals surface area contributed by atoms with E-state index in [2.05, 4.69) is 11.1 Å². The minimum Gasteiger partial charge on any atom is -0.478 e. The highest BCUT2D eigenvalue weighted by atomic mass is 16.4. The molecule has 2 heterocycles. The average molecular weight is 286 g/mol. The smallest absolute Gasteiger partial charge is 0.336 e. The summed E-state index contributed by atoms with van der Waals surface area (Å²) in [5.41, 5.74) is 2.55. The summed E-state index contributed by atoms with van der Waals surface area (Å²) in [6, 6.07) is 5.52. The topological polar surface area (TPSA) is 45.5 Å². The normalized spacial score (nSPS) is 17.0. The fourth-order valence-electron chi connectivity index (χ4n) is 3.37. The van der Waals surface area contributed by atoms with Crippen LogP contribution in [0.4, 0.5) is 0 Å². The number of nitrogens with zero attached hydrogens (tertiary/aromatic N) is 2. The number of carbonyl (C=O) groups is 1. The first-order valence-corrected chi connectivity index (χ1v) is 7.69. The minimum atomic E-state index is -0.844. The van der Waals surface area contributed by atoms with E-state index >= 15 is 0 Å². The summed E-state index contributed by atoms with van der Waals surface area (Å²) >= 11 is 0. The molecule has 1 fully saturated rings. The van der Waals surface area contributed by atoms with Crippen LogP contribution in [0.15, 0.2) is 24.4 Å². The molecule has 4 nitrogen and oxygen atoms in total. The Bertz CT molecular complexity index is 652. The second-order valence-electron chi connectivity index (χ2n) is 5.96. The fraction of sp³-hybridized carbons (Fsp3) is 0.471. The van der Waals surface area contributed by atoms with E-state index in [4.69, 9.17) is 0 Å². The second kappa shape index (κ2) is 5.90. The standard InChI is InChI=1S/C17H22N2O2/c1-18-11-13(12-19-9-4-2-3-5-10-19)16-14(17(20)21)7-6-8-15(16)18/h6-8,11H,2-5,9-10,12H2,1H3,(H,20,21). The largest absolute Gasteiger partial charge is 0.478 e. The lowest BCUT2D eigenvalue weighted by Crippen LogP contribution is -2.24. The first-order chi connectivity index (χ1) is 10.2. The number of benzene rings is 1. The van der Waals surface area contributed by atoms with Crippen molar-refractivity contribution in [3.05, 3.63) is 35.5 Å². The van der Waals surface area contributed by atoms with Crippen molar-refractivity contribution in [2.45, 2.75) is 32.2 Å². The number of rotatable bonds is 3. The van der Waals surface area contributed by atoms with Crippen molar-refractivity contribution in [3.8, 4) is 0 Å². The third-order valence-electron chi connectivity index (χ3n) is 4.42. The van der Waals surface area contributed by atoms with Crippen LogP contribution in [0.5, 0.6) is 0 Å². The fourth-order valence-corrected chi connectivity index (χ4v) is 3.37. The molecule has 0 atom stereocenters. The van der Waals surface area contributed by atoms with Gasteiger partial charge in [0, 0.05) is 30.7 Å². The molecule has 1 aliphatic heterocycles. The van der Waals surface area contributed by atoms with E-state index in [0.717, 1.165) is 36.1 Å². The number of likely N-dealkylation sites (tertiary alicyclic amines) is 1. The van der Waals surface area contributed by atoms with Crippen molar-refractivity contribution in [2.24, 2.45) is 7.05 Å². The van der Waals surface area contributed by atoms with Crippen LogP contribution in [0, 0.1) is 0 Å². The highest BCUT2D eigenvalue weighted by Crippen LogP contribution is 2.26. The van der Waals surface area contributed by atoms with Gasteiger partial charge in [-0.2, -0.15) is 0 Å². The van der Waals surface area contributed by atoms with Crippen LogP contribution in [0.2, 0.25) is 0 Å². The van der Waals surface area contributed by atoms with Crippen LogP contribution in [0.1, 0.15) is 41.6 Å². The lowest BCUT2D eigenvalue weighted by molar-refractivity contribution is 0.0699. The molecule has 0 unspecified atom stereocenters. The van der Waals surface area contributed by atoms with Gasteiger partial charge in [-0.25, -0.2) is 4.79 Å². The zero-order chi connectivity index (χ0) is 14.8. The van der Waals surface area contributed by atoms with E-state index < -0.39 is 5.97 Å². The van der Waals surface area contributed by atoms with Gasteiger partial charge in [-0.3, -0.25) is 4.90 Å². The first-order valence-electron chi connectivity index (χ1n) is 7.69. The molecule has 112 valence electrons. The van der Waals surface area contributed by atoms with Crippen molar-refractivity contribution < 1.29 is 9.90 Å². The zero-order valence-corrected chi connectivity index (χ0v) is 12.5. The van der Waals surface area contributed by atoms with E-state index in [1.165, 1.54) is 25.7 Å². The Kier molecular flexibility index (Phi) is 3.97. The number of aromatic nitrogens is 1. The van der Waals surface area contributed by atoms with Crippen LogP contribution in [0.25, 0.3) is 10.9 Å². The summed E-state index contributed by atoms with van der Waals surface area (Å²) < 4.78 is 2.04. The Hall–Kier alpha value is -1.81. The van der Waals surface area contributed by atoms with Gasteiger partial charge in [0.25, 0.3) is 0 Å². The Morgan fingerprint density at radius 3 is 2.57 bits per heavy atom. The SMILES string of the molecule is Cn1cc(CN2CCCCCC2)c2c(C(=O)O)cccc21. The number of fused-ring (bicyclic) bond motifs is 1. The van der Waals surface area contributed by atoms with Crippen LogP contribution >= 0.6 is 0 Å². The molecule has 0 aliphatic carbocycles. The molecular weight excluding hydrogens is 264 g/mol. The van der Waals surface area contributed by atoms with Gasteiger partial charge in [0.2, 0.25) is 0 Å². The van der Waals surface area contributed by atoms with Crippen molar-refractivity contribution in [2.75, 3.05) is 13.1 Å². The Morgan fingerprint density at radius 2 is 1.90 bits per heavy atom. The van der Waals surface area contributed by atoms with Gasteiger partial charge in [0.05, 0.1) is 5.56 Å². The number of hydrogen-bond acceptors (Lipinski definition) is 2. The molecule has 0 amide bonds. The Morgan fingerprint density at radius 1 is 1.19 bits per heavy atom. The molecule has 1 aromatic carbocycles. The van der Waals surface area contributed by atoms with Gasteiger partial charge in [0.15, 0.2) is 0 Å². The number of aryl methyl sites for hydroxylation is 1. The third-order valence-corrected chi connectivity index (χ3v) is 4.42. The molecule has 0 bridgehead atoms. The maximum atomic E-state index is 11.5. The molecule has 0 radical (unpaired) electrons. The van der Waals surface area contributed by atoms with Crippen molar-refractivity contribution in [1.29, 1.82) is 0 Å². The van der Waals surface area contributed by atoms with Crippen LogP contribution in [-0.2, 0) is 13.6 Å². The third kappa shape index (κ3) is 2.81. The zero-order valence-electron chi connectivity index (χ0n) is 12.5. The molecule has 0 spiro atoms. The number of carboxylic acid groups (broad SMARTS) is 1. The second-order valence-corrected chi connectivity index (χ2v) is 5.96. The van der Waals surface area contributed by atoms with Gasteiger partial charge in [0.1, 0.15) is 0 Å². The molecule has 1 saturated heterocycles. The number of hydrogen-bond donors (Lipinski definition) is 1. The monoisotopic (exact) mass is 286 g/mol. The summed E-state index contributed by atoms with van der Waals surface area (Å²) in [4.78, 5) is 14.0. The minimum absolute atomic E-state index is 0.415. The summed E-state index contributed by atoms with van der Waals surface area (Å²) in [6.45, 7) is 3.08. The quantitative estimate of drug-likeness (QED) is 0.942. The predicted octanol–water partition coefficient (Wildman–Crippen LogP) is 3.25. The highest BCUT2D eigenvalue weighted by molar-refractivity contribution is 6.04. The molecule has 0 saturated carbocycles. The summed E-state index contributed by atoms with van der Waals surface area (Å²) in [6.07, 6.45) is 7.20. The molecule has 4 heteroatoms. The maximum Gasteiger partial charge on any atom is 0.336 e. The van der Waals surface area contributed by atoms with Crippen molar-refractivity contribution in [1.82, 2.24) is 9.47 Å². The summed E-state index contributed by atoms with van der Waals surface area (Å²) in [5, 5.41) is 10.3. The van der Waals surface area contributed by atoms with E-state index in [-0.39, 0.29) is 0 Å². The van der Waals surface area contributed by atoms with Crippen LogP contribution in [0.3, 0.4) is 0 Å². The molecule has 3 rings (SSSR count). The van der Waals surface area contributed by atoms with Crippen LogP contribution < -0.4 is 0 Å². The summed E-state index contributed by atoms with van der Waals surface area (Å²) in [5.74, 6) is -0.844. The predicted molar refractivity (Wildman–Crippen MR) is 83.6 cm³/mol. The number of aromatic carboxylic acids is 1. The van der Waals surface area contributed by atoms with Gasteiger partial charge >= 0.3 is 5.97 Å². The van der Waals surface area contributed by atoms with Crippen molar-refractivity contribution in [3.63, 3.8) is 0 Å². The Labute approximate surface area is 125 Å². The number of carboxylic acids is 1. The van der Waals surface area contributed by atoms with Crippen molar-refractivity contribution >= 4 is 16.9 Å². The molecule has 1 N–H and O–H groups in total. The van der Waals surface area contributed by atoms with E-state index in [9.17, 15) is 9.90 Å². The molecule has 21 heavy (non-hydrogen) atoms. The van der Waals surface area contributed by atoms with Crippen LogP contribution in [-0.4, -0.2) is 33.6 Å². The molecule has 1 aliphatic rings. The lowest BCUT2D eigenvalue weighted by Gasteiger charge is -2.19. The van der Waals surface area contributed by atoms with Gasteiger partial charge < -0.3 is 9.67 Å². The van der Waals surface area contributed by atoms with Gasteiger partial charge in [-0.1, -0.05) is 18.9 Å². The molecule has 1 aromatic heterocycles. The summed E-state index contributed by atoms with van der Waals surface area (Å²) in [7, 11) is 1.99. The molecular formula is C17H22N2O2. The van der Waals surface area contributed by atoms with E-state index in [1.54, 1.807) is 6.07 Å². The average Bonchev–Trinajstić information content (AvgIpc) is 2.66. The van der Waals surface area contributed by atoms with Gasteiger partial charge in [-0.15, -0.1) is 0 Å². The highest BCUT2D eigenvalue weighted by Gasteiger charge is 2.17. The Balaban J connectivity index is 1.99.